The minimum Gasteiger partial charge on any atom is -0.339 e. The van der Waals surface area contributed by atoms with E-state index in [1.807, 2.05) is 4.90 Å². The smallest absolute Gasteiger partial charge is 0.255 e. The number of anilines is 2. The van der Waals surface area contributed by atoms with Gasteiger partial charge in [-0.05, 0) is 43.5 Å². The Bertz CT molecular complexity index is 1030. The van der Waals surface area contributed by atoms with E-state index in [9.17, 15) is 18.0 Å². The van der Waals surface area contributed by atoms with Crippen LogP contribution in [0.5, 0.6) is 0 Å². The third kappa shape index (κ3) is 5.68. The van der Waals surface area contributed by atoms with Crippen molar-refractivity contribution in [2.75, 3.05) is 29.0 Å². The van der Waals surface area contributed by atoms with Crippen LogP contribution in [-0.4, -0.2) is 50.5 Å². The molecule has 2 amide bonds. The first-order valence-electron chi connectivity index (χ1n) is 11.1. The molecule has 3 rings (SSSR count). The highest BCUT2D eigenvalue weighted by Gasteiger charge is 2.32. The molecule has 0 saturated carbocycles. The predicted octanol–water partition coefficient (Wildman–Crippen LogP) is 3.89. The van der Waals surface area contributed by atoms with Crippen LogP contribution in [0.3, 0.4) is 0 Å². The first kappa shape index (κ1) is 23.8. The molecule has 32 heavy (non-hydrogen) atoms. The fraction of sp³-hybridized carbons (Fsp3) is 0.417. The van der Waals surface area contributed by atoms with E-state index in [1.165, 1.54) is 0 Å². The van der Waals surface area contributed by atoms with Crippen molar-refractivity contribution in [1.29, 1.82) is 0 Å². The maximum atomic E-state index is 13.3. The number of likely N-dealkylation sites (tertiary alicyclic amines) is 1. The SMILES string of the molecule is CCC(C(=O)Nc1ccccc1C(=O)N1CCCCCC1)N(c1ccccc1)S(C)(=O)=O. The highest BCUT2D eigenvalue weighted by molar-refractivity contribution is 7.92. The van der Waals surface area contributed by atoms with Crippen molar-refractivity contribution in [3.63, 3.8) is 0 Å². The standard InChI is InChI=1S/C24H31N3O4S/c1-3-22(27(32(2,30)31)19-13-7-6-8-14-19)23(28)25-21-16-10-9-15-20(21)24(29)26-17-11-4-5-12-18-26/h6-10,13-16,22H,3-5,11-12,17-18H2,1-2H3,(H,25,28). The molecule has 0 spiro atoms. The molecule has 1 fully saturated rings. The summed E-state index contributed by atoms with van der Waals surface area (Å²) in [6.45, 7) is 3.17. The van der Waals surface area contributed by atoms with E-state index < -0.39 is 22.0 Å². The molecule has 8 heteroatoms. The van der Waals surface area contributed by atoms with Crippen molar-refractivity contribution < 1.29 is 18.0 Å². The second-order valence-electron chi connectivity index (χ2n) is 8.06. The number of para-hydroxylation sites is 2. The molecule has 172 valence electrons. The van der Waals surface area contributed by atoms with Gasteiger partial charge in [0.1, 0.15) is 6.04 Å². The molecule has 7 nitrogen and oxygen atoms in total. The van der Waals surface area contributed by atoms with Gasteiger partial charge < -0.3 is 10.2 Å². The second-order valence-corrected chi connectivity index (χ2v) is 9.92. The van der Waals surface area contributed by atoms with Gasteiger partial charge in [0.05, 0.1) is 23.2 Å². The van der Waals surface area contributed by atoms with Crippen LogP contribution in [0.4, 0.5) is 11.4 Å². The largest absolute Gasteiger partial charge is 0.339 e. The molecule has 0 aromatic heterocycles. The summed E-state index contributed by atoms with van der Waals surface area (Å²) in [5.74, 6) is -0.586. The number of benzene rings is 2. The Morgan fingerprint density at radius 2 is 1.56 bits per heavy atom. The third-order valence-electron chi connectivity index (χ3n) is 5.65. The zero-order valence-corrected chi connectivity index (χ0v) is 19.5. The zero-order valence-electron chi connectivity index (χ0n) is 18.7. The number of carbonyl (C=O) groups excluding carboxylic acids is 2. The fourth-order valence-corrected chi connectivity index (χ4v) is 5.29. The van der Waals surface area contributed by atoms with Gasteiger partial charge in [0.25, 0.3) is 5.91 Å². The molecule has 1 unspecified atom stereocenters. The third-order valence-corrected chi connectivity index (χ3v) is 6.83. The summed E-state index contributed by atoms with van der Waals surface area (Å²) >= 11 is 0. The average Bonchev–Trinajstić information content (AvgIpc) is 3.06. The molecular formula is C24H31N3O4S. The lowest BCUT2D eigenvalue weighted by atomic mass is 10.1. The highest BCUT2D eigenvalue weighted by Crippen LogP contribution is 2.25. The van der Waals surface area contributed by atoms with Gasteiger partial charge in [-0.15, -0.1) is 0 Å². The van der Waals surface area contributed by atoms with Crippen LogP contribution in [0.2, 0.25) is 0 Å². The average molecular weight is 458 g/mol. The van der Waals surface area contributed by atoms with E-state index in [0.29, 0.717) is 30.0 Å². The fourth-order valence-electron chi connectivity index (χ4n) is 4.07. The van der Waals surface area contributed by atoms with Crippen LogP contribution in [0.1, 0.15) is 49.4 Å². The number of nitrogens with one attached hydrogen (secondary N) is 1. The number of hydrogen-bond donors (Lipinski definition) is 1. The van der Waals surface area contributed by atoms with Crippen LogP contribution in [0.15, 0.2) is 54.6 Å². The minimum atomic E-state index is -3.72. The number of carbonyl (C=O) groups is 2. The summed E-state index contributed by atoms with van der Waals surface area (Å²) in [6, 6.07) is 14.5. The molecule has 0 radical (unpaired) electrons. The lowest BCUT2D eigenvalue weighted by Crippen LogP contribution is -2.47. The zero-order chi connectivity index (χ0) is 23.1. The number of sulfonamides is 1. The van der Waals surface area contributed by atoms with Crippen LogP contribution < -0.4 is 9.62 Å². The molecule has 1 saturated heterocycles. The minimum absolute atomic E-state index is 0.112. The summed E-state index contributed by atoms with van der Waals surface area (Å²) in [7, 11) is -3.72. The topological polar surface area (TPSA) is 86.8 Å². The predicted molar refractivity (Wildman–Crippen MR) is 127 cm³/mol. The first-order valence-corrected chi connectivity index (χ1v) is 12.9. The molecule has 2 aromatic carbocycles. The van der Waals surface area contributed by atoms with Crippen molar-refractivity contribution >= 4 is 33.2 Å². The Morgan fingerprint density at radius 3 is 2.16 bits per heavy atom. The lowest BCUT2D eigenvalue weighted by molar-refractivity contribution is -0.117. The maximum absolute atomic E-state index is 13.3. The quantitative estimate of drug-likeness (QED) is 0.683. The molecule has 2 aromatic rings. The van der Waals surface area contributed by atoms with Gasteiger partial charge in [0, 0.05) is 13.1 Å². The van der Waals surface area contributed by atoms with Gasteiger partial charge in [-0.1, -0.05) is 50.1 Å². The summed E-state index contributed by atoms with van der Waals surface area (Å²) in [5.41, 5.74) is 1.24. The van der Waals surface area contributed by atoms with Crippen molar-refractivity contribution in [2.45, 2.75) is 45.1 Å². The highest BCUT2D eigenvalue weighted by atomic mass is 32.2. The summed E-state index contributed by atoms with van der Waals surface area (Å²) in [5, 5.41) is 2.83. The Kier molecular flexibility index (Phi) is 7.90. The van der Waals surface area contributed by atoms with E-state index >= 15 is 0 Å². The number of rotatable bonds is 7. The van der Waals surface area contributed by atoms with E-state index in [-0.39, 0.29) is 12.3 Å². The molecule has 1 aliphatic rings. The van der Waals surface area contributed by atoms with Crippen LogP contribution in [0.25, 0.3) is 0 Å². The summed E-state index contributed by atoms with van der Waals surface area (Å²) in [4.78, 5) is 28.3. The molecule has 1 aliphatic heterocycles. The normalized spacial score (nSPS) is 15.5. The van der Waals surface area contributed by atoms with Gasteiger partial charge in [0.2, 0.25) is 15.9 Å². The lowest BCUT2D eigenvalue weighted by Gasteiger charge is -2.30. The maximum Gasteiger partial charge on any atom is 0.255 e. The van der Waals surface area contributed by atoms with Crippen molar-refractivity contribution in [3.8, 4) is 0 Å². The molecule has 1 heterocycles. The monoisotopic (exact) mass is 457 g/mol. The van der Waals surface area contributed by atoms with E-state index in [0.717, 1.165) is 36.2 Å². The summed E-state index contributed by atoms with van der Waals surface area (Å²) in [6.07, 6.45) is 5.53. The summed E-state index contributed by atoms with van der Waals surface area (Å²) < 4.78 is 26.3. The van der Waals surface area contributed by atoms with E-state index in [1.54, 1.807) is 61.5 Å². The van der Waals surface area contributed by atoms with Gasteiger partial charge in [0.15, 0.2) is 0 Å². The van der Waals surface area contributed by atoms with Gasteiger partial charge >= 0.3 is 0 Å². The number of nitrogens with zero attached hydrogens (tertiary/aromatic N) is 2. The van der Waals surface area contributed by atoms with Crippen LogP contribution in [0, 0.1) is 0 Å². The second kappa shape index (κ2) is 10.6. The van der Waals surface area contributed by atoms with Gasteiger partial charge in [-0.2, -0.15) is 0 Å². The Hall–Kier alpha value is -2.87. The van der Waals surface area contributed by atoms with Crippen molar-refractivity contribution in [1.82, 2.24) is 4.90 Å². The molecular weight excluding hydrogens is 426 g/mol. The Labute approximate surface area is 190 Å². The Morgan fingerprint density at radius 1 is 0.969 bits per heavy atom. The Balaban J connectivity index is 1.87. The molecule has 1 atom stereocenters. The van der Waals surface area contributed by atoms with Gasteiger partial charge in [-0.25, -0.2) is 8.42 Å². The number of amides is 2. The van der Waals surface area contributed by atoms with Crippen LogP contribution in [-0.2, 0) is 14.8 Å². The van der Waals surface area contributed by atoms with Crippen LogP contribution >= 0.6 is 0 Å². The van der Waals surface area contributed by atoms with Gasteiger partial charge in [-0.3, -0.25) is 13.9 Å². The number of hydrogen-bond acceptors (Lipinski definition) is 4. The molecule has 0 aliphatic carbocycles. The molecule has 0 bridgehead atoms. The van der Waals surface area contributed by atoms with Crippen molar-refractivity contribution in [3.05, 3.63) is 60.2 Å². The van der Waals surface area contributed by atoms with Crippen molar-refractivity contribution in [2.24, 2.45) is 0 Å². The van der Waals surface area contributed by atoms with E-state index in [4.69, 9.17) is 0 Å². The van der Waals surface area contributed by atoms with E-state index in [2.05, 4.69) is 5.32 Å². The molecule has 1 N–H and O–H groups in total. The first-order chi connectivity index (χ1) is 15.3.